The van der Waals surface area contributed by atoms with E-state index in [1.165, 1.54) is 0 Å². The molecule has 0 aromatic heterocycles. The number of Topliss-reactive ketones (excluding diaryl/α,β-unsaturated/α-hetero) is 1. The number of nitrogens with two attached hydrogens (primary N) is 1. The van der Waals surface area contributed by atoms with E-state index >= 15 is 0 Å². The molecule has 0 aromatic rings. The van der Waals surface area contributed by atoms with Crippen LogP contribution in [0, 0.1) is 0 Å². The minimum atomic E-state index is -5.21. The number of carbonyl (C=O) groups is 3. The van der Waals surface area contributed by atoms with Crippen LogP contribution in [0.5, 0.6) is 0 Å². The van der Waals surface area contributed by atoms with Gasteiger partial charge in [0.2, 0.25) is 0 Å². The SMILES string of the molecule is NC1C(=O)CCCN(OC(=O)C(F)(F)F)C1=O. The van der Waals surface area contributed by atoms with Gasteiger partial charge in [0, 0.05) is 6.42 Å². The molecule has 96 valence electrons. The van der Waals surface area contributed by atoms with Crippen molar-refractivity contribution >= 4 is 17.7 Å². The molecule has 1 fully saturated rings. The zero-order valence-electron chi connectivity index (χ0n) is 8.49. The van der Waals surface area contributed by atoms with Gasteiger partial charge >= 0.3 is 12.1 Å². The van der Waals surface area contributed by atoms with Gasteiger partial charge in [0.15, 0.2) is 5.78 Å². The Morgan fingerprint density at radius 1 is 1.41 bits per heavy atom. The molecule has 17 heavy (non-hydrogen) atoms. The van der Waals surface area contributed by atoms with Crippen LogP contribution in [0.4, 0.5) is 13.2 Å². The molecular weight excluding hydrogens is 245 g/mol. The first-order valence-corrected chi connectivity index (χ1v) is 4.62. The molecule has 1 aliphatic heterocycles. The normalized spacial score (nSPS) is 22.4. The topological polar surface area (TPSA) is 89.7 Å². The summed E-state index contributed by atoms with van der Waals surface area (Å²) in [4.78, 5) is 36.8. The maximum absolute atomic E-state index is 11.9. The summed E-state index contributed by atoms with van der Waals surface area (Å²) in [6.45, 7) is -0.292. The number of alkyl halides is 3. The van der Waals surface area contributed by atoms with E-state index < -0.39 is 29.9 Å². The highest BCUT2D eigenvalue weighted by Gasteiger charge is 2.44. The van der Waals surface area contributed by atoms with Gasteiger partial charge in [-0.25, -0.2) is 4.79 Å². The van der Waals surface area contributed by atoms with E-state index in [9.17, 15) is 27.6 Å². The zero-order chi connectivity index (χ0) is 13.2. The van der Waals surface area contributed by atoms with Gasteiger partial charge in [-0.3, -0.25) is 9.59 Å². The fourth-order valence-electron chi connectivity index (χ4n) is 1.20. The number of carbonyl (C=O) groups excluding carboxylic acids is 3. The molecule has 1 amide bonds. The van der Waals surface area contributed by atoms with Gasteiger partial charge in [-0.15, -0.1) is 0 Å². The third-order valence-electron chi connectivity index (χ3n) is 2.07. The number of halogens is 3. The molecule has 6 nitrogen and oxygen atoms in total. The molecule has 2 N–H and O–H groups in total. The molecule has 0 spiro atoms. The molecule has 1 heterocycles. The first-order valence-electron chi connectivity index (χ1n) is 4.62. The van der Waals surface area contributed by atoms with E-state index in [1.54, 1.807) is 0 Å². The average molecular weight is 254 g/mol. The van der Waals surface area contributed by atoms with Gasteiger partial charge in [-0.2, -0.15) is 18.2 Å². The maximum Gasteiger partial charge on any atom is 0.493 e. The second-order valence-corrected chi connectivity index (χ2v) is 3.36. The van der Waals surface area contributed by atoms with E-state index in [0.29, 0.717) is 0 Å². The van der Waals surface area contributed by atoms with Crippen molar-refractivity contribution < 1.29 is 32.4 Å². The number of hydrogen-bond donors (Lipinski definition) is 1. The largest absolute Gasteiger partial charge is 0.493 e. The Balaban J connectivity index is 2.74. The van der Waals surface area contributed by atoms with E-state index in [1.807, 2.05) is 0 Å². The summed E-state index contributed by atoms with van der Waals surface area (Å²) >= 11 is 0. The van der Waals surface area contributed by atoms with Crippen LogP contribution in [0.2, 0.25) is 0 Å². The van der Waals surface area contributed by atoms with E-state index in [-0.39, 0.29) is 24.4 Å². The number of nitrogens with zero attached hydrogens (tertiary/aromatic N) is 1. The molecule has 1 unspecified atom stereocenters. The van der Waals surface area contributed by atoms with Crippen LogP contribution in [0.1, 0.15) is 12.8 Å². The third-order valence-corrected chi connectivity index (χ3v) is 2.07. The van der Waals surface area contributed by atoms with Gasteiger partial charge in [0.25, 0.3) is 5.91 Å². The van der Waals surface area contributed by atoms with Gasteiger partial charge in [-0.1, -0.05) is 0 Å². The lowest BCUT2D eigenvalue weighted by atomic mass is 10.1. The van der Waals surface area contributed by atoms with E-state index in [0.717, 1.165) is 0 Å². The third kappa shape index (κ3) is 3.16. The highest BCUT2D eigenvalue weighted by molar-refractivity contribution is 6.05. The lowest BCUT2D eigenvalue weighted by Crippen LogP contribution is -2.48. The second-order valence-electron chi connectivity index (χ2n) is 3.36. The van der Waals surface area contributed by atoms with E-state index in [2.05, 4.69) is 4.84 Å². The van der Waals surface area contributed by atoms with Gasteiger partial charge in [-0.05, 0) is 6.42 Å². The summed E-state index contributed by atoms with van der Waals surface area (Å²) in [6.07, 6.45) is -5.17. The summed E-state index contributed by atoms with van der Waals surface area (Å²) < 4.78 is 35.7. The maximum atomic E-state index is 11.9. The fourth-order valence-corrected chi connectivity index (χ4v) is 1.20. The Labute approximate surface area is 93.4 Å². The molecular formula is C8H9F3N2O4. The van der Waals surface area contributed by atoms with Crippen molar-refractivity contribution in [3.8, 4) is 0 Å². The minimum Gasteiger partial charge on any atom is -0.330 e. The Morgan fingerprint density at radius 3 is 2.53 bits per heavy atom. The van der Waals surface area contributed by atoms with Crippen LogP contribution in [0.3, 0.4) is 0 Å². The first-order chi connectivity index (χ1) is 7.73. The molecule has 9 heteroatoms. The van der Waals surface area contributed by atoms with Crippen LogP contribution in [-0.4, -0.2) is 41.5 Å². The molecule has 1 rings (SSSR count). The Morgan fingerprint density at radius 2 is 2.00 bits per heavy atom. The molecule has 1 saturated heterocycles. The van der Waals surface area contributed by atoms with Crippen molar-refractivity contribution in [2.24, 2.45) is 5.73 Å². The Bertz CT molecular complexity index is 355. The Hall–Kier alpha value is -1.64. The number of ketones is 1. The zero-order valence-corrected chi connectivity index (χ0v) is 8.49. The monoisotopic (exact) mass is 254 g/mol. The fraction of sp³-hybridized carbons (Fsp3) is 0.625. The van der Waals surface area contributed by atoms with Gasteiger partial charge in [0.1, 0.15) is 6.04 Å². The molecule has 0 saturated carbocycles. The number of hydrogen-bond acceptors (Lipinski definition) is 5. The summed E-state index contributed by atoms with van der Waals surface area (Å²) in [5.41, 5.74) is 5.18. The molecule has 0 aliphatic carbocycles. The molecule has 1 atom stereocenters. The van der Waals surface area contributed by atoms with Crippen molar-refractivity contribution in [1.82, 2.24) is 5.06 Å². The van der Waals surface area contributed by atoms with E-state index in [4.69, 9.17) is 5.73 Å². The highest BCUT2D eigenvalue weighted by Crippen LogP contribution is 2.18. The quantitative estimate of drug-likeness (QED) is 0.639. The van der Waals surface area contributed by atoms with Gasteiger partial charge < -0.3 is 10.6 Å². The summed E-state index contributed by atoms with van der Waals surface area (Å²) in [7, 11) is 0. The predicted octanol–water partition coefficient (Wildman–Crippen LogP) is -0.474. The summed E-state index contributed by atoms with van der Waals surface area (Å²) in [5, 5.41) is 0.186. The van der Waals surface area contributed by atoms with Crippen LogP contribution in [0.15, 0.2) is 0 Å². The molecule has 0 radical (unpaired) electrons. The lowest BCUT2D eigenvalue weighted by molar-refractivity contribution is -0.236. The molecule has 0 aromatic carbocycles. The summed E-state index contributed by atoms with van der Waals surface area (Å²) in [6, 6.07) is -1.58. The lowest BCUT2D eigenvalue weighted by Gasteiger charge is -2.20. The predicted molar refractivity (Wildman–Crippen MR) is 46.1 cm³/mol. The van der Waals surface area contributed by atoms with Crippen LogP contribution in [-0.2, 0) is 19.2 Å². The highest BCUT2D eigenvalue weighted by atomic mass is 19.4. The van der Waals surface area contributed by atoms with Gasteiger partial charge in [0.05, 0.1) is 6.54 Å². The van der Waals surface area contributed by atoms with Crippen LogP contribution >= 0.6 is 0 Å². The van der Waals surface area contributed by atoms with Crippen molar-refractivity contribution in [2.75, 3.05) is 6.54 Å². The number of hydroxylamine groups is 2. The van der Waals surface area contributed by atoms with Crippen molar-refractivity contribution in [2.45, 2.75) is 25.1 Å². The van der Waals surface area contributed by atoms with Crippen molar-refractivity contribution in [1.29, 1.82) is 0 Å². The van der Waals surface area contributed by atoms with Crippen molar-refractivity contribution in [3.05, 3.63) is 0 Å². The number of rotatable bonds is 1. The smallest absolute Gasteiger partial charge is 0.330 e. The second kappa shape index (κ2) is 4.70. The minimum absolute atomic E-state index is 0.0486. The first kappa shape index (κ1) is 13.4. The number of amides is 1. The van der Waals surface area contributed by atoms with Crippen LogP contribution < -0.4 is 5.73 Å². The standard InChI is InChI=1S/C8H9F3N2O4/c9-8(10,11)7(16)17-13-3-1-2-4(14)5(12)6(13)15/h5H,1-3,12H2. The molecule has 0 bridgehead atoms. The van der Waals surface area contributed by atoms with Crippen LogP contribution in [0.25, 0.3) is 0 Å². The average Bonchev–Trinajstić information content (AvgIpc) is 2.33. The van der Waals surface area contributed by atoms with Crippen molar-refractivity contribution in [3.63, 3.8) is 0 Å². The molecule has 1 aliphatic rings. The Kier molecular flexibility index (Phi) is 3.71. The summed E-state index contributed by atoms with van der Waals surface area (Å²) in [5.74, 6) is -4.27.